The van der Waals surface area contributed by atoms with Crippen molar-refractivity contribution in [2.75, 3.05) is 0 Å². The fraction of sp³-hybridized carbons (Fsp3) is 0. The number of carbonyl (C=O) groups is 1. The van der Waals surface area contributed by atoms with Gasteiger partial charge in [-0.25, -0.2) is 4.79 Å². The predicted molar refractivity (Wildman–Crippen MR) is 74.0 cm³/mol. The van der Waals surface area contributed by atoms with Crippen LogP contribution in [0, 0.1) is 0 Å². The van der Waals surface area contributed by atoms with Crippen molar-refractivity contribution in [1.29, 1.82) is 0 Å². The highest BCUT2D eigenvalue weighted by molar-refractivity contribution is 6.35. The standard InChI is InChI=1S/C14H8ClNO3/c15-8-5-6-10-12(11(8)14(18)19)13(17)7-3-1-2-4-9(7)16-10/h1-6H,(H,16,17)(H,18,19). The highest BCUT2D eigenvalue weighted by Gasteiger charge is 2.17. The number of hydrogen-bond acceptors (Lipinski definition) is 2. The number of H-pyrrole nitrogens is 1. The van der Waals surface area contributed by atoms with Gasteiger partial charge in [0.25, 0.3) is 0 Å². The Kier molecular flexibility index (Phi) is 2.54. The summed E-state index contributed by atoms with van der Waals surface area (Å²) in [6.45, 7) is 0. The lowest BCUT2D eigenvalue weighted by Gasteiger charge is -2.06. The molecule has 2 aromatic carbocycles. The summed E-state index contributed by atoms with van der Waals surface area (Å²) in [4.78, 5) is 26.8. The summed E-state index contributed by atoms with van der Waals surface area (Å²) >= 11 is 5.89. The Labute approximate surface area is 112 Å². The zero-order valence-corrected chi connectivity index (χ0v) is 10.4. The normalized spacial score (nSPS) is 11.0. The molecule has 1 heterocycles. The molecular weight excluding hydrogens is 266 g/mol. The summed E-state index contributed by atoms with van der Waals surface area (Å²) in [7, 11) is 0. The molecule has 1 aromatic heterocycles. The Morgan fingerprint density at radius 1 is 1.11 bits per heavy atom. The molecule has 19 heavy (non-hydrogen) atoms. The van der Waals surface area contributed by atoms with Crippen LogP contribution in [0.15, 0.2) is 41.2 Å². The molecule has 0 radical (unpaired) electrons. The number of aromatic amines is 1. The molecule has 0 aliphatic heterocycles. The summed E-state index contributed by atoms with van der Waals surface area (Å²) in [6, 6.07) is 10.0. The highest BCUT2D eigenvalue weighted by Crippen LogP contribution is 2.24. The van der Waals surface area contributed by atoms with Gasteiger partial charge in [0.05, 0.1) is 21.5 Å². The molecule has 0 atom stereocenters. The monoisotopic (exact) mass is 273 g/mol. The lowest BCUT2D eigenvalue weighted by molar-refractivity contribution is 0.0699. The third-order valence-electron chi connectivity index (χ3n) is 3.04. The number of hydrogen-bond donors (Lipinski definition) is 2. The SMILES string of the molecule is O=C(O)c1c(Cl)ccc2[nH]c3ccccc3c(=O)c12. The van der Waals surface area contributed by atoms with Crippen LogP contribution in [-0.4, -0.2) is 16.1 Å². The molecule has 0 amide bonds. The molecular formula is C14H8ClNO3. The Morgan fingerprint density at radius 2 is 1.84 bits per heavy atom. The van der Waals surface area contributed by atoms with Gasteiger partial charge < -0.3 is 10.1 Å². The molecule has 0 aliphatic rings. The largest absolute Gasteiger partial charge is 0.478 e. The topological polar surface area (TPSA) is 70.2 Å². The van der Waals surface area contributed by atoms with Gasteiger partial charge in [-0.1, -0.05) is 23.7 Å². The lowest BCUT2D eigenvalue weighted by Crippen LogP contribution is -2.10. The van der Waals surface area contributed by atoms with Crippen molar-refractivity contribution in [2.24, 2.45) is 0 Å². The minimum absolute atomic E-state index is 0.0563. The zero-order chi connectivity index (χ0) is 13.6. The van der Waals surface area contributed by atoms with E-state index in [-0.39, 0.29) is 21.4 Å². The van der Waals surface area contributed by atoms with Crippen molar-refractivity contribution < 1.29 is 9.90 Å². The van der Waals surface area contributed by atoms with E-state index < -0.39 is 5.97 Å². The number of fused-ring (bicyclic) bond motifs is 2. The Hall–Kier alpha value is -2.33. The maximum atomic E-state index is 12.4. The third kappa shape index (κ3) is 1.69. The van der Waals surface area contributed by atoms with Crippen molar-refractivity contribution in [3.63, 3.8) is 0 Å². The Morgan fingerprint density at radius 3 is 2.58 bits per heavy atom. The average molecular weight is 274 g/mol. The van der Waals surface area contributed by atoms with E-state index in [9.17, 15) is 14.7 Å². The summed E-state index contributed by atoms with van der Waals surface area (Å²) in [5.74, 6) is -1.21. The van der Waals surface area contributed by atoms with Crippen LogP contribution in [0.1, 0.15) is 10.4 Å². The van der Waals surface area contributed by atoms with E-state index in [4.69, 9.17) is 11.6 Å². The second-order valence-corrected chi connectivity index (χ2v) is 4.56. The van der Waals surface area contributed by atoms with Crippen LogP contribution in [0.5, 0.6) is 0 Å². The molecule has 2 N–H and O–H groups in total. The first-order valence-corrected chi connectivity index (χ1v) is 5.94. The first kappa shape index (κ1) is 11.7. The number of benzene rings is 2. The zero-order valence-electron chi connectivity index (χ0n) is 9.61. The molecule has 3 rings (SSSR count). The van der Waals surface area contributed by atoms with E-state index in [1.165, 1.54) is 6.07 Å². The lowest BCUT2D eigenvalue weighted by atomic mass is 10.0. The summed E-state index contributed by atoms with van der Waals surface area (Å²) in [5, 5.41) is 9.83. The van der Waals surface area contributed by atoms with Gasteiger partial charge in [0.2, 0.25) is 0 Å². The van der Waals surface area contributed by atoms with Gasteiger partial charge in [-0.3, -0.25) is 4.79 Å². The maximum Gasteiger partial charge on any atom is 0.338 e. The predicted octanol–water partition coefficient (Wildman–Crippen LogP) is 3.03. The maximum absolute atomic E-state index is 12.4. The van der Waals surface area contributed by atoms with Crippen molar-refractivity contribution in [3.05, 3.63) is 57.2 Å². The van der Waals surface area contributed by atoms with E-state index >= 15 is 0 Å². The fourth-order valence-corrected chi connectivity index (χ4v) is 2.43. The summed E-state index contributed by atoms with van der Waals surface area (Å²) in [6.07, 6.45) is 0. The van der Waals surface area contributed by atoms with Crippen LogP contribution in [0.25, 0.3) is 21.8 Å². The molecule has 3 aromatic rings. The molecule has 0 spiro atoms. The smallest absolute Gasteiger partial charge is 0.338 e. The number of carboxylic acids is 1. The molecule has 4 nitrogen and oxygen atoms in total. The number of pyridine rings is 1. The van der Waals surface area contributed by atoms with Gasteiger partial charge in [0.1, 0.15) is 0 Å². The van der Waals surface area contributed by atoms with Crippen LogP contribution in [0.2, 0.25) is 5.02 Å². The van der Waals surface area contributed by atoms with Crippen LogP contribution in [0.3, 0.4) is 0 Å². The molecule has 0 fully saturated rings. The van der Waals surface area contributed by atoms with Gasteiger partial charge in [-0.15, -0.1) is 0 Å². The van der Waals surface area contributed by atoms with E-state index in [2.05, 4.69) is 4.98 Å². The number of para-hydroxylation sites is 1. The minimum atomic E-state index is -1.21. The van der Waals surface area contributed by atoms with E-state index in [0.717, 1.165) is 0 Å². The van der Waals surface area contributed by atoms with E-state index in [0.29, 0.717) is 16.4 Å². The molecule has 5 heteroatoms. The van der Waals surface area contributed by atoms with Crippen molar-refractivity contribution in [1.82, 2.24) is 4.98 Å². The van der Waals surface area contributed by atoms with Gasteiger partial charge in [0.15, 0.2) is 5.43 Å². The van der Waals surface area contributed by atoms with Gasteiger partial charge in [-0.2, -0.15) is 0 Å². The van der Waals surface area contributed by atoms with Gasteiger partial charge in [-0.05, 0) is 24.3 Å². The first-order valence-electron chi connectivity index (χ1n) is 5.56. The van der Waals surface area contributed by atoms with Crippen LogP contribution < -0.4 is 5.43 Å². The number of carboxylic acid groups (broad SMARTS) is 1. The van der Waals surface area contributed by atoms with Crippen LogP contribution >= 0.6 is 11.6 Å². The minimum Gasteiger partial charge on any atom is -0.478 e. The summed E-state index contributed by atoms with van der Waals surface area (Å²) < 4.78 is 0. The van der Waals surface area contributed by atoms with E-state index in [1.54, 1.807) is 30.3 Å². The second kappa shape index (κ2) is 4.10. The van der Waals surface area contributed by atoms with Gasteiger partial charge >= 0.3 is 5.97 Å². The number of rotatable bonds is 1. The molecule has 0 unspecified atom stereocenters. The van der Waals surface area contributed by atoms with Crippen LogP contribution in [-0.2, 0) is 0 Å². The Balaban J connectivity index is 2.64. The number of nitrogens with one attached hydrogen (secondary N) is 1. The quantitative estimate of drug-likeness (QED) is 0.670. The molecule has 0 saturated carbocycles. The first-order chi connectivity index (χ1) is 9.09. The van der Waals surface area contributed by atoms with E-state index in [1.807, 2.05) is 0 Å². The fourth-order valence-electron chi connectivity index (χ4n) is 2.20. The van der Waals surface area contributed by atoms with Crippen molar-refractivity contribution in [3.8, 4) is 0 Å². The summed E-state index contributed by atoms with van der Waals surface area (Å²) in [5.41, 5.74) is 0.639. The number of aromatic nitrogens is 1. The molecule has 94 valence electrons. The highest BCUT2D eigenvalue weighted by atomic mass is 35.5. The average Bonchev–Trinajstić information content (AvgIpc) is 2.39. The molecule has 0 bridgehead atoms. The van der Waals surface area contributed by atoms with Crippen LogP contribution in [0.4, 0.5) is 0 Å². The number of halogens is 1. The number of aromatic carboxylic acids is 1. The molecule has 0 aliphatic carbocycles. The second-order valence-electron chi connectivity index (χ2n) is 4.15. The third-order valence-corrected chi connectivity index (χ3v) is 3.35. The van der Waals surface area contributed by atoms with Crippen molar-refractivity contribution in [2.45, 2.75) is 0 Å². The van der Waals surface area contributed by atoms with Crippen molar-refractivity contribution >= 4 is 39.4 Å². The Bertz CT molecular complexity index is 883. The molecule has 0 saturated heterocycles. The van der Waals surface area contributed by atoms with Gasteiger partial charge in [0, 0.05) is 10.9 Å².